The number of nitrogens with zero attached hydrogens (tertiary/aromatic N) is 1. The molecule has 1 saturated heterocycles. The smallest absolute Gasteiger partial charge is 0.337 e. The fourth-order valence-corrected chi connectivity index (χ4v) is 9.10. The van der Waals surface area contributed by atoms with Gasteiger partial charge in [-0.3, -0.25) is 4.90 Å². The Morgan fingerprint density at radius 2 is 1.80 bits per heavy atom. The van der Waals surface area contributed by atoms with E-state index in [9.17, 15) is 9.90 Å². The lowest BCUT2D eigenvalue weighted by molar-refractivity contribution is -0.239. The molecule has 256 valence electrons. The molecule has 1 aromatic carbocycles. The van der Waals surface area contributed by atoms with Crippen molar-refractivity contribution in [2.45, 2.75) is 117 Å². The largest absolute Gasteiger partial charge is 0.493 e. The van der Waals surface area contributed by atoms with Crippen LogP contribution in [0.2, 0.25) is 0 Å². The lowest BCUT2D eigenvalue weighted by atomic mass is 9.40. The zero-order chi connectivity index (χ0) is 33.4. The molecule has 6 atom stereocenters. The van der Waals surface area contributed by atoms with Gasteiger partial charge in [0.2, 0.25) is 0 Å². The molecular formula is C37H61NO7. The Kier molecular flexibility index (Phi) is 10.8. The molecule has 0 bridgehead atoms. The minimum Gasteiger partial charge on any atom is -0.493 e. The maximum Gasteiger partial charge on any atom is 0.337 e. The summed E-state index contributed by atoms with van der Waals surface area (Å²) < 4.78 is 29.2. The third-order valence-corrected chi connectivity index (χ3v) is 12.5. The average Bonchev–Trinajstić information content (AvgIpc) is 3.81. The third kappa shape index (κ3) is 6.43. The molecule has 0 spiro atoms. The molecule has 2 aliphatic carbocycles. The van der Waals surface area contributed by atoms with Crippen molar-refractivity contribution in [3.63, 3.8) is 0 Å². The van der Waals surface area contributed by atoms with Crippen molar-refractivity contribution in [1.82, 2.24) is 4.90 Å². The van der Waals surface area contributed by atoms with Crippen molar-refractivity contribution in [3.8, 4) is 11.5 Å². The number of carbonyl (C=O) groups excluding carboxylic acids is 1. The normalized spacial score (nSPS) is 32.1. The lowest BCUT2D eigenvalue weighted by Crippen LogP contribution is -2.72. The van der Waals surface area contributed by atoms with Crippen LogP contribution in [0.15, 0.2) is 12.1 Å². The fraction of sp³-hybridized carbons (Fsp3) is 0.811. The molecule has 2 saturated carbocycles. The Hall–Kier alpha value is -1.71. The molecule has 1 aliphatic heterocycles. The molecule has 1 aromatic rings. The van der Waals surface area contributed by atoms with Crippen LogP contribution in [0.25, 0.3) is 0 Å². The number of fused-ring (bicyclic) bond motifs is 1. The van der Waals surface area contributed by atoms with Gasteiger partial charge in [0.1, 0.15) is 6.61 Å². The summed E-state index contributed by atoms with van der Waals surface area (Å²) in [5, 5.41) is 12.4. The molecule has 5 unspecified atom stereocenters. The molecule has 1 N–H and O–H groups in total. The Morgan fingerprint density at radius 1 is 1.11 bits per heavy atom. The van der Waals surface area contributed by atoms with E-state index in [4.69, 9.17) is 23.7 Å². The maximum atomic E-state index is 12.9. The van der Waals surface area contributed by atoms with Gasteiger partial charge >= 0.3 is 5.97 Å². The van der Waals surface area contributed by atoms with Gasteiger partial charge in [-0.25, -0.2) is 4.79 Å². The molecular weight excluding hydrogens is 570 g/mol. The number of benzene rings is 1. The SMILES string of the molecule is CCC12CC(C(C)(O)C(C)(C)C)[C@@](C)(OC)CC1(c1c(C)ccc(OC(=O)COCCOC)c1OC)CCN(CC1CC1)C2C. The first kappa shape index (κ1) is 36.1. The number of piperidine rings is 1. The van der Waals surface area contributed by atoms with Crippen LogP contribution in [0, 0.1) is 29.6 Å². The summed E-state index contributed by atoms with van der Waals surface area (Å²) in [5.41, 5.74) is -0.302. The van der Waals surface area contributed by atoms with Crippen molar-refractivity contribution in [2.75, 3.05) is 54.2 Å². The minimum absolute atomic E-state index is 0.108. The second-order valence-electron chi connectivity index (χ2n) is 15.6. The average molecular weight is 632 g/mol. The predicted octanol–water partition coefficient (Wildman–Crippen LogP) is 6.32. The highest BCUT2D eigenvalue weighted by atomic mass is 16.6. The minimum atomic E-state index is -0.982. The highest BCUT2D eigenvalue weighted by molar-refractivity contribution is 5.75. The van der Waals surface area contributed by atoms with Gasteiger partial charge in [0, 0.05) is 43.7 Å². The van der Waals surface area contributed by atoms with Gasteiger partial charge in [-0.1, -0.05) is 33.8 Å². The number of aryl methyl sites for hydroxylation is 1. The zero-order valence-electron chi connectivity index (χ0n) is 30.0. The Labute approximate surface area is 272 Å². The zero-order valence-corrected chi connectivity index (χ0v) is 30.0. The van der Waals surface area contributed by atoms with Gasteiger partial charge < -0.3 is 28.8 Å². The standard InChI is InChI=1S/C37H61NO7/c1-12-36-21-29(35(8,40)33(4,5)6)34(7,43-11)24-37(36,17-18-38(26(36)3)22-27-14-15-27)31-25(2)13-16-28(32(31)42-10)45-30(39)23-44-20-19-41-9/h13,16,26-27,29,40H,12,14-15,17-24H2,1-11H3/t26?,29?,34-,35?,36?,37?/m0/s1. The van der Waals surface area contributed by atoms with Crippen molar-refractivity contribution >= 4 is 5.97 Å². The number of hydrogen-bond acceptors (Lipinski definition) is 8. The quantitative estimate of drug-likeness (QED) is 0.154. The summed E-state index contributed by atoms with van der Waals surface area (Å²) in [6.07, 6.45) is 6.01. The summed E-state index contributed by atoms with van der Waals surface area (Å²) >= 11 is 0. The number of hydrogen-bond donors (Lipinski definition) is 1. The summed E-state index contributed by atoms with van der Waals surface area (Å²) in [6.45, 7) is 20.2. The number of esters is 1. The van der Waals surface area contributed by atoms with E-state index >= 15 is 0 Å². The number of aliphatic hydroxyl groups is 1. The van der Waals surface area contributed by atoms with Crippen LogP contribution >= 0.6 is 0 Å². The summed E-state index contributed by atoms with van der Waals surface area (Å²) in [6, 6.07) is 4.16. The Morgan fingerprint density at radius 3 is 2.36 bits per heavy atom. The van der Waals surface area contributed by atoms with E-state index in [2.05, 4.69) is 59.4 Å². The van der Waals surface area contributed by atoms with E-state index in [1.54, 1.807) is 21.3 Å². The van der Waals surface area contributed by atoms with Gasteiger partial charge in [-0.2, -0.15) is 0 Å². The summed E-state index contributed by atoms with van der Waals surface area (Å²) in [7, 11) is 5.07. The number of methoxy groups -OCH3 is 3. The molecule has 0 amide bonds. The first-order valence-electron chi connectivity index (χ1n) is 17.0. The molecule has 4 rings (SSSR count). The van der Waals surface area contributed by atoms with Gasteiger partial charge in [-0.05, 0) is 101 Å². The van der Waals surface area contributed by atoms with E-state index in [1.807, 2.05) is 13.0 Å². The van der Waals surface area contributed by atoms with Crippen LogP contribution in [-0.2, 0) is 24.4 Å². The van der Waals surface area contributed by atoms with Crippen LogP contribution in [0.5, 0.6) is 11.5 Å². The number of ether oxygens (including phenoxy) is 5. The van der Waals surface area contributed by atoms with E-state index < -0.39 is 17.2 Å². The highest BCUT2D eigenvalue weighted by Crippen LogP contribution is 2.69. The molecule has 8 nitrogen and oxygen atoms in total. The Balaban J connectivity index is 1.90. The number of carbonyl (C=O) groups is 1. The predicted molar refractivity (Wildman–Crippen MR) is 177 cm³/mol. The number of rotatable bonds is 13. The summed E-state index contributed by atoms with van der Waals surface area (Å²) in [4.78, 5) is 15.6. The van der Waals surface area contributed by atoms with Gasteiger partial charge in [-0.15, -0.1) is 0 Å². The molecule has 0 radical (unpaired) electrons. The molecule has 45 heavy (non-hydrogen) atoms. The first-order chi connectivity index (χ1) is 21.1. The highest BCUT2D eigenvalue weighted by Gasteiger charge is 2.69. The van der Waals surface area contributed by atoms with Crippen molar-refractivity contribution in [3.05, 3.63) is 23.3 Å². The van der Waals surface area contributed by atoms with Crippen LogP contribution < -0.4 is 9.47 Å². The van der Waals surface area contributed by atoms with Crippen molar-refractivity contribution in [1.29, 1.82) is 0 Å². The van der Waals surface area contributed by atoms with Gasteiger partial charge in [0.25, 0.3) is 0 Å². The molecule has 3 aliphatic rings. The second-order valence-corrected chi connectivity index (χ2v) is 15.6. The topological polar surface area (TPSA) is 86.7 Å². The van der Waals surface area contributed by atoms with Crippen LogP contribution in [0.1, 0.15) is 98.1 Å². The number of likely N-dealkylation sites (tertiary alicyclic amines) is 1. The van der Waals surface area contributed by atoms with E-state index in [-0.39, 0.29) is 34.8 Å². The maximum absolute atomic E-state index is 12.9. The van der Waals surface area contributed by atoms with Gasteiger partial charge in [0.15, 0.2) is 11.5 Å². The second kappa shape index (κ2) is 13.4. The Bertz CT molecular complexity index is 1190. The third-order valence-electron chi connectivity index (χ3n) is 12.5. The molecule has 8 heteroatoms. The van der Waals surface area contributed by atoms with E-state index in [0.29, 0.717) is 24.7 Å². The lowest BCUT2D eigenvalue weighted by Gasteiger charge is -2.69. The molecule has 3 fully saturated rings. The molecule has 1 heterocycles. The van der Waals surface area contributed by atoms with E-state index in [1.165, 1.54) is 12.8 Å². The van der Waals surface area contributed by atoms with Crippen LogP contribution in [0.4, 0.5) is 0 Å². The van der Waals surface area contributed by atoms with Crippen molar-refractivity contribution < 1.29 is 33.6 Å². The van der Waals surface area contributed by atoms with Crippen LogP contribution in [0.3, 0.4) is 0 Å². The summed E-state index contributed by atoms with van der Waals surface area (Å²) in [5.74, 6) is 1.22. The van der Waals surface area contributed by atoms with E-state index in [0.717, 1.165) is 55.8 Å². The monoisotopic (exact) mass is 631 g/mol. The molecule has 0 aromatic heterocycles. The van der Waals surface area contributed by atoms with Crippen LogP contribution in [-0.4, -0.2) is 87.5 Å². The van der Waals surface area contributed by atoms with Gasteiger partial charge in [0.05, 0.1) is 31.5 Å². The first-order valence-corrected chi connectivity index (χ1v) is 17.0. The fourth-order valence-electron chi connectivity index (χ4n) is 9.10. The van der Waals surface area contributed by atoms with Crippen molar-refractivity contribution in [2.24, 2.45) is 22.7 Å².